The van der Waals surface area contributed by atoms with Crippen LogP contribution in [0.2, 0.25) is 0 Å². The molecule has 0 fully saturated rings. The minimum Gasteiger partial charge on any atom is -0.477 e. The molecule has 160 valence electrons. The van der Waals surface area contributed by atoms with Crippen molar-refractivity contribution in [3.8, 4) is 6.07 Å². The molecule has 1 aliphatic rings. The van der Waals surface area contributed by atoms with Crippen LogP contribution in [-0.4, -0.2) is 17.6 Å². The predicted octanol–water partition coefficient (Wildman–Crippen LogP) is 7.31. The first-order valence-corrected chi connectivity index (χ1v) is 12.1. The van der Waals surface area contributed by atoms with E-state index in [0.717, 1.165) is 35.4 Å². The molecule has 0 atom stereocenters. The molecular weight excluding hydrogens is 436 g/mol. The van der Waals surface area contributed by atoms with E-state index in [9.17, 15) is 4.79 Å². The molecule has 0 saturated carbocycles. The Morgan fingerprint density at radius 2 is 1.91 bits per heavy atom. The van der Waals surface area contributed by atoms with Crippen molar-refractivity contribution in [1.82, 2.24) is 0 Å². The van der Waals surface area contributed by atoms with Crippen LogP contribution in [0.5, 0.6) is 0 Å². The maximum absolute atomic E-state index is 11.0. The number of benzene rings is 2. The lowest BCUT2D eigenvalue weighted by molar-refractivity contribution is -0.132. The molecule has 0 spiro atoms. The quantitative estimate of drug-likeness (QED) is 0.297. The van der Waals surface area contributed by atoms with E-state index in [0.29, 0.717) is 0 Å². The largest absolute Gasteiger partial charge is 0.477 e. The number of carboxylic acids is 1. The molecular formula is C26H22N2O2S2. The minimum absolute atomic E-state index is 0.266. The number of nitrogens with zero attached hydrogens (tertiary/aromatic N) is 2. The van der Waals surface area contributed by atoms with Gasteiger partial charge < -0.3 is 10.0 Å². The highest BCUT2D eigenvalue weighted by atomic mass is 32.2. The maximum atomic E-state index is 11.0. The van der Waals surface area contributed by atoms with Crippen molar-refractivity contribution >= 4 is 58.7 Å². The Kier molecular flexibility index (Phi) is 6.79. The number of nitriles is 1. The lowest BCUT2D eigenvalue weighted by Crippen LogP contribution is -2.21. The third-order valence-electron chi connectivity index (χ3n) is 5.13. The first kappa shape index (κ1) is 21.9. The molecule has 0 amide bonds. The standard InChI is InChI=1S/C26H22N2O2S2/c1-2-3-12-28-22-6-4-5-7-24(22)32-25-15-18(9-11-23(25)28)8-10-21-14-19(17-31-21)13-20(16-27)26(29)30/h4-11,13-15,17H,2-3,12H2,1H3,(H,29,30)/b10-8+,20-13+. The van der Waals surface area contributed by atoms with E-state index >= 15 is 0 Å². The van der Waals surface area contributed by atoms with Crippen molar-refractivity contribution in [3.63, 3.8) is 0 Å². The summed E-state index contributed by atoms with van der Waals surface area (Å²) in [6.07, 6.45) is 7.78. The molecule has 1 N–H and O–H groups in total. The zero-order valence-corrected chi connectivity index (χ0v) is 19.2. The Bertz CT molecular complexity index is 1250. The second kappa shape index (κ2) is 9.90. The monoisotopic (exact) mass is 458 g/mol. The topological polar surface area (TPSA) is 64.3 Å². The molecule has 4 nitrogen and oxygen atoms in total. The summed E-state index contributed by atoms with van der Waals surface area (Å²) in [6.45, 7) is 3.22. The molecule has 0 saturated heterocycles. The first-order valence-electron chi connectivity index (χ1n) is 10.4. The fourth-order valence-electron chi connectivity index (χ4n) is 3.53. The number of carbonyl (C=O) groups is 1. The van der Waals surface area contributed by atoms with Crippen molar-refractivity contribution in [2.45, 2.75) is 29.6 Å². The predicted molar refractivity (Wildman–Crippen MR) is 133 cm³/mol. The number of fused-ring (bicyclic) bond motifs is 2. The van der Waals surface area contributed by atoms with Gasteiger partial charge >= 0.3 is 5.97 Å². The van der Waals surface area contributed by atoms with Gasteiger partial charge in [-0.25, -0.2) is 4.79 Å². The Hall–Kier alpha value is -3.27. The molecule has 0 unspecified atom stereocenters. The van der Waals surface area contributed by atoms with E-state index in [-0.39, 0.29) is 5.57 Å². The van der Waals surface area contributed by atoms with Crippen molar-refractivity contribution in [1.29, 1.82) is 5.26 Å². The van der Waals surface area contributed by atoms with Crippen LogP contribution in [0.3, 0.4) is 0 Å². The second-order valence-corrected chi connectivity index (χ2v) is 9.42. The van der Waals surface area contributed by atoms with Gasteiger partial charge in [-0.2, -0.15) is 5.26 Å². The van der Waals surface area contributed by atoms with Gasteiger partial charge in [0.1, 0.15) is 11.6 Å². The molecule has 2 heterocycles. The summed E-state index contributed by atoms with van der Waals surface area (Å²) in [5, 5.41) is 19.8. The van der Waals surface area contributed by atoms with Crippen LogP contribution in [0.15, 0.2) is 69.3 Å². The Morgan fingerprint density at radius 1 is 1.09 bits per heavy atom. The molecule has 0 aliphatic carbocycles. The molecule has 6 heteroatoms. The van der Waals surface area contributed by atoms with Gasteiger partial charge in [-0.05, 0) is 65.4 Å². The fraction of sp³-hybridized carbons (Fsp3) is 0.154. The van der Waals surface area contributed by atoms with Gasteiger partial charge in [-0.15, -0.1) is 11.3 Å². The lowest BCUT2D eigenvalue weighted by Gasteiger charge is -2.33. The summed E-state index contributed by atoms with van der Waals surface area (Å²) in [5.41, 5.74) is 4.09. The Labute approximate surface area is 196 Å². The van der Waals surface area contributed by atoms with E-state index in [1.54, 1.807) is 17.8 Å². The van der Waals surface area contributed by atoms with E-state index in [2.05, 4.69) is 60.4 Å². The maximum Gasteiger partial charge on any atom is 0.346 e. The Balaban J connectivity index is 1.57. The molecule has 3 aromatic rings. The van der Waals surface area contributed by atoms with E-state index in [4.69, 9.17) is 10.4 Å². The van der Waals surface area contributed by atoms with Crippen molar-refractivity contribution in [2.24, 2.45) is 0 Å². The number of carboxylic acid groups (broad SMARTS) is 1. The van der Waals surface area contributed by atoms with Crippen molar-refractivity contribution in [2.75, 3.05) is 11.4 Å². The molecule has 1 aromatic heterocycles. The molecule has 2 aromatic carbocycles. The summed E-state index contributed by atoms with van der Waals surface area (Å²) < 4.78 is 0. The van der Waals surface area contributed by atoms with Crippen molar-refractivity contribution < 1.29 is 9.90 Å². The third-order valence-corrected chi connectivity index (χ3v) is 7.16. The minimum atomic E-state index is -1.21. The number of thiophene rings is 1. The van der Waals surface area contributed by atoms with E-state index in [1.165, 1.54) is 38.6 Å². The average Bonchev–Trinajstić information content (AvgIpc) is 3.26. The van der Waals surface area contributed by atoms with Crippen LogP contribution < -0.4 is 4.90 Å². The average molecular weight is 459 g/mol. The Morgan fingerprint density at radius 3 is 2.69 bits per heavy atom. The summed E-state index contributed by atoms with van der Waals surface area (Å²) in [4.78, 5) is 17.0. The van der Waals surface area contributed by atoms with Crippen molar-refractivity contribution in [3.05, 3.63) is 75.5 Å². The van der Waals surface area contributed by atoms with E-state index < -0.39 is 5.97 Å². The number of para-hydroxylation sites is 1. The molecule has 1 aliphatic heterocycles. The highest BCUT2D eigenvalue weighted by molar-refractivity contribution is 7.99. The van der Waals surface area contributed by atoms with Crippen LogP contribution in [0.25, 0.3) is 18.2 Å². The zero-order chi connectivity index (χ0) is 22.5. The smallest absolute Gasteiger partial charge is 0.346 e. The van der Waals surface area contributed by atoms with Gasteiger partial charge in [0.15, 0.2) is 0 Å². The molecule has 32 heavy (non-hydrogen) atoms. The SMILES string of the molecule is CCCCN1c2ccccc2Sc2cc(/C=C/c3cc(/C=C(\C#N)C(=O)O)cs3)ccc21. The van der Waals surface area contributed by atoms with Crippen LogP contribution >= 0.6 is 23.1 Å². The normalized spacial score (nSPS) is 13.0. The van der Waals surface area contributed by atoms with Gasteiger partial charge in [-0.3, -0.25) is 0 Å². The summed E-state index contributed by atoms with van der Waals surface area (Å²) in [5.74, 6) is -1.21. The van der Waals surface area contributed by atoms with Crippen LogP contribution in [0.4, 0.5) is 11.4 Å². The van der Waals surface area contributed by atoms with Gasteiger partial charge in [0.25, 0.3) is 0 Å². The summed E-state index contributed by atoms with van der Waals surface area (Å²) in [6, 6.07) is 18.7. The van der Waals surface area contributed by atoms with Crippen LogP contribution in [0, 0.1) is 11.3 Å². The second-order valence-electron chi connectivity index (χ2n) is 7.39. The molecule has 4 rings (SSSR count). The number of hydrogen-bond acceptors (Lipinski definition) is 5. The highest BCUT2D eigenvalue weighted by Gasteiger charge is 2.22. The highest BCUT2D eigenvalue weighted by Crippen LogP contribution is 2.48. The molecule has 0 radical (unpaired) electrons. The number of unbranched alkanes of at least 4 members (excludes halogenated alkanes) is 1. The fourth-order valence-corrected chi connectivity index (χ4v) is 5.43. The number of aliphatic carboxylic acids is 1. The third kappa shape index (κ3) is 4.80. The van der Waals surface area contributed by atoms with Gasteiger partial charge in [0.05, 0.1) is 11.4 Å². The van der Waals surface area contributed by atoms with Crippen LogP contribution in [-0.2, 0) is 4.79 Å². The van der Waals surface area contributed by atoms with Crippen LogP contribution in [0.1, 0.15) is 35.8 Å². The van der Waals surface area contributed by atoms with Gasteiger partial charge in [0.2, 0.25) is 0 Å². The first-order chi connectivity index (χ1) is 15.6. The number of hydrogen-bond donors (Lipinski definition) is 1. The lowest BCUT2D eigenvalue weighted by atomic mass is 10.1. The molecule has 0 bridgehead atoms. The summed E-state index contributed by atoms with van der Waals surface area (Å²) >= 11 is 3.32. The zero-order valence-electron chi connectivity index (χ0n) is 17.6. The number of anilines is 2. The van der Waals surface area contributed by atoms with Gasteiger partial charge in [0, 0.05) is 21.2 Å². The summed E-state index contributed by atoms with van der Waals surface area (Å²) in [7, 11) is 0. The number of rotatable bonds is 7. The van der Waals surface area contributed by atoms with E-state index in [1.807, 2.05) is 17.5 Å². The van der Waals surface area contributed by atoms with Gasteiger partial charge in [-0.1, -0.05) is 49.4 Å².